The number of rotatable bonds is 19. The third-order valence-electron chi connectivity index (χ3n) is 22.6. The van der Waals surface area contributed by atoms with Gasteiger partial charge >= 0.3 is 0 Å². The van der Waals surface area contributed by atoms with E-state index in [4.69, 9.17) is 44.0 Å². The van der Waals surface area contributed by atoms with Gasteiger partial charge in [-0.05, 0) is 103 Å². The average Bonchev–Trinajstić information content (AvgIpc) is 1.58. The van der Waals surface area contributed by atoms with Crippen molar-refractivity contribution in [2.24, 2.45) is 5.14 Å². The number of hydrogen-bond acceptors (Lipinski definition) is 21. The molecule has 0 amide bonds. The summed E-state index contributed by atoms with van der Waals surface area (Å²) in [5.41, 5.74) is 26.5. The highest BCUT2D eigenvalue weighted by atomic mass is 32.2. The van der Waals surface area contributed by atoms with E-state index in [9.17, 15) is 16.8 Å². The lowest BCUT2D eigenvalue weighted by Gasteiger charge is -2.07. The smallest absolute Gasteiger partial charge is 0.268 e. The first-order valence-corrected chi connectivity index (χ1v) is 43.9. The van der Waals surface area contributed by atoms with Gasteiger partial charge in [0.1, 0.15) is 28.4 Å². The Morgan fingerprint density at radius 2 is 0.715 bits per heavy atom. The first-order valence-electron chi connectivity index (χ1n) is 40.9. The minimum absolute atomic E-state index is 0.0587. The Morgan fingerprint density at radius 1 is 0.338 bits per heavy atom. The van der Waals surface area contributed by atoms with Crippen molar-refractivity contribution in [1.29, 1.82) is 0 Å². The Bertz CT molecular complexity index is 8440. The van der Waals surface area contributed by atoms with Crippen molar-refractivity contribution in [3.05, 3.63) is 284 Å². The summed E-state index contributed by atoms with van der Waals surface area (Å²) in [5.74, 6) is 2.72. The second-order valence-corrected chi connectivity index (χ2v) is 34.1. The second kappa shape index (κ2) is 33.5. The van der Waals surface area contributed by atoms with Crippen LogP contribution in [-0.2, 0) is 65.4 Å². The van der Waals surface area contributed by atoms with Crippen LogP contribution in [0.15, 0.2) is 272 Å². The van der Waals surface area contributed by atoms with Crippen LogP contribution in [0.4, 0.5) is 0 Å². The molecule has 16 heterocycles. The van der Waals surface area contributed by atoms with Gasteiger partial charge in [-0.2, -0.15) is 20.4 Å². The van der Waals surface area contributed by atoms with Gasteiger partial charge in [-0.3, -0.25) is 20.4 Å². The molecule has 24 aromatic rings. The van der Waals surface area contributed by atoms with Gasteiger partial charge in [0.05, 0.1) is 107 Å². The highest BCUT2D eigenvalue weighted by Gasteiger charge is 2.26. The van der Waals surface area contributed by atoms with Gasteiger partial charge in [-0.1, -0.05) is 115 Å². The van der Waals surface area contributed by atoms with Crippen LogP contribution in [0.5, 0.6) is 0 Å². The second-order valence-electron chi connectivity index (χ2n) is 30.7. The number of nitrogens with two attached hydrogens (primary N) is 1. The van der Waals surface area contributed by atoms with Crippen molar-refractivity contribution >= 4 is 141 Å². The van der Waals surface area contributed by atoms with Gasteiger partial charge in [0, 0.05) is 161 Å². The van der Waals surface area contributed by atoms with E-state index in [2.05, 4.69) is 120 Å². The van der Waals surface area contributed by atoms with E-state index in [1.165, 1.54) is 16.1 Å². The number of fused-ring (bicyclic) bond motifs is 11. The lowest BCUT2D eigenvalue weighted by molar-refractivity contribution is 0.186. The molecule has 640 valence electrons. The maximum atomic E-state index is 13.6. The normalized spacial score (nSPS) is 11.9. The summed E-state index contributed by atoms with van der Waals surface area (Å²) in [6.07, 6.45) is 14.5. The Balaban J connectivity index is 0.000000106. The lowest BCUT2D eigenvalue weighted by Crippen LogP contribution is -2.11. The number of imidazole rings is 4. The molecule has 8 aromatic carbocycles. The third-order valence-corrected chi connectivity index (χ3v) is 25.3. The zero-order valence-corrected chi connectivity index (χ0v) is 71.2. The molecule has 0 aliphatic carbocycles. The van der Waals surface area contributed by atoms with Crippen LogP contribution in [0.1, 0.15) is 22.3 Å². The predicted octanol–water partition coefficient (Wildman–Crippen LogP) is 17.5. The van der Waals surface area contributed by atoms with Crippen LogP contribution in [0.2, 0.25) is 0 Å². The van der Waals surface area contributed by atoms with Gasteiger partial charge in [-0.25, -0.2) is 70.8 Å². The molecule has 0 bridgehead atoms. The van der Waals surface area contributed by atoms with Crippen molar-refractivity contribution in [3.8, 4) is 90.6 Å². The molecular formula is C95H75N25O8S2. The Kier molecular flexibility index (Phi) is 20.8. The molecule has 0 fully saturated rings. The maximum Gasteiger partial charge on any atom is 0.268 e. The Morgan fingerprint density at radius 3 is 1.16 bits per heavy atom. The van der Waals surface area contributed by atoms with E-state index in [0.717, 1.165) is 183 Å². The summed E-state index contributed by atoms with van der Waals surface area (Å²) in [4.78, 5) is 62.0. The molecule has 0 spiro atoms. The molecule has 12 N–H and O–H groups in total. The highest BCUT2D eigenvalue weighted by Crippen LogP contribution is 2.40. The van der Waals surface area contributed by atoms with Crippen LogP contribution in [0, 0.1) is 0 Å². The number of methoxy groups -OCH3 is 4. The van der Waals surface area contributed by atoms with E-state index in [0.29, 0.717) is 77.6 Å². The van der Waals surface area contributed by atoms with Gasteiger partial charge < -0.3 is 48.9 Å². The quantitative estimate of drug-likeness (QED) is 0.0358. The highest BCUT2D eigenvalue weighted by molar-refractivity contribution is 7.90. The summed E-state index contributed by atoms with van der Waals surface area (Å²) in [6, 6.07) is 66.4. The zero-order valence-electron chi connectivity index (χ0n) is 69.6. The largest absolute Gasteiger partial charge is 0.380 e. The summed E-state index contributed by atoms with van der Waals surface area (Å²) >= 11 is 0. The zero-order chi connectivity index (χ0) is 88.3. The standard InChI is InChI=1S/C29H22N6O3S.C23H18N6O.C22H17N7O.C21H18N6O3S/c1-38-17-18-8-7-12-24-26(18)32-29(31-24)27-22-14-19(15-30-28(22)34-33-27)23-16-35(25-13-6-5-11-21(23)25)39(36,37)20-9-3-2-4-10-20;1-30-12-13-5-4-8-19-20(13)27-23(26-19)21-16-9-14(10-25-22(16)29-28-21)17-11-24-18-7-3-2-6-15(17)18;1-30-11-12-4-2-6-17-18(12)27-22(26-17)19-15-8-13(9-24-21(15)29-28-19)16-10-25-20-14(16)5-3-7-23-20;1-30-11-13-3-2-4-17-18(13)25-21(24-17)19-16-9-14(10-23-20(16)27-26-19)12-5-7-15(8-6-12)31(22,28)29/h2-16H,17H2,1H3,(H,31,32)(H,30,33,34);2-11,24H,12H2,1H3,(H,26,27)(H,25,28,29);2-10H,11H2,1H3,(H,23,25)(H,26,27)(H,24,28,29);2-10H,11H2,1H3,(H,24,25)(H2,22,28,29)(H,23,26,27). The first-order chi connectivity index (χ1) is 63.6. The van der Waals surface area contributed by atoms with Crippen LogP contribution in [-0.4, -0.2) is 165 Å². The molecule has 33 nitrogen and oxygen atoms in total. The molecule has 0 saturated heterocycles. The molecule has 0 aliphatic heterocycles. The number of aromatic nitrogens is 24. The topological polar surface area (TPSA) is 462 Å². The molecule has 35 heteroatoms. The third kappa shape index (κ3) is 14.9. The lowest BCUT2D eigenvalue weighted by atomic mass is 10.1. The number of sulfonamides is 1. The number of benzene rings is 8. The molecular weight excluding hydrogens is 1680 g/mol. The number of nitrogens with one attached hydrogen (secondary N) is 10. The Labute approximate surface area is 736 Å². The van der Waals surface area contributed by atoms with E-state index < -0.39 is 20.0 Å². The fourth-order valence-electron chi connectivity index (χ4n) is 16.5. The first kappa shape index (κ1) is 80.7. The Hall–Kier alpha value is -16.4. The number of hydrogen-bond donors (Lipinski definition) is 11. The minimum Gasteiger partial charge on any atom is -0.380 e. The van der Waals surface area contributed by atoms with Crippen LogP contribution in [0.3, 0.4) is 0 Å². The minimum atomic E-state index is -3.81. The number of nitrogens with zero attached hydrogens (tertiary/aromatic N) is 14. The van der Waals surface area contributed by atoms with Crippen molar-refractivity contribution in [3.63, 3.8) is 0 Å². The van der Waals surface area contributed by atoms with E-state index in [1.54, 1.807) is 102 Å². The molecule has 0 aliphatic rings. The average molecular weight is 1760 g/mol. The number of para-hydroxylation sites is 6. The summed E-state index contributed by atoms with van der Waals surface area (Å²) < 4.78 is 72.7. The number of pyridine rings is 5. The summed E-state index contributed by atoms with van der Waals surface area (Å²) in [7, 11) is -0.873. The van der Waals surface area contributed by atoms with Crippen LogP contribution in [0.25, 0.3) is 212 Å². The molecule has 0 atom stereocenters. The van der Waals surface area contributed by atoms with Gasteiger partial charge in [0.2, 0.25) is 10.0 Å². The fraction of sp³-hybridized carbons (Fsp3) is 0.0842. The number of aromatic amines is 10. The number of H-pyrrole nitrogens is 10. The van der Waals surface area contributed by atoms with Gasteiger partial charge in [0.25, 0.3) is 10.0 Å². The summed E-state index contributed by atoms with van der Waals surface area (Å²) in [6.45, 7) is 1.93. The maximum absolute atomic E-state index is 13.6. The molecule has 0 unspecified atom stereocenters. The molecule has 0 radical (unpaired) electrons. The van der Waals surface area contributed by atoms with E-state index >= 15 is 0 Å². The number of primary sulfonamides is 1. The fourth-order valence-corrected chi connectivity index (χ4v) is 18.4. The van der Waals surface area contributed by atoms with Crippen molar-refractivity contribution < 1.29 is 35.8 Å². The van der Waals surface area contributed by atoms with Crippen molar-refractivity contribution in [1.82, 2.24) is 120 Å². The number of ether oxygens (including phenoxy) is 4. The molecule has 0 saturated carbocycles. The van der Waals surface area contributed by atoms with E-state index in [-0.39, 0.29) is 9.79 Å². The van der Waals surface area contributed by atoms with Gasteiger partial charge in [-0.15, -0.1) is 0 Å². The van der Waals surface area contributed by atoms with E-state index in [1.807, 2.05) is 152 Å². The summed E-state index contributed by atoms with van der Waals surface area (Å²) in [5, 5.41) is 41.3. The molecule has 130 heavy (non-hydrogen) atoms. The van der Waals surface area contributed by atoms with Crippen LogP contribution < -0.4 is 5.14 Å². The predicted molar refractivity (Wildman–Crippen MR) is 498 cm³/mol. The molecule has 16 aromatic heterocycles. The van der Waals surface area contributed by atoms with Crippen LogP contribution >= 0.6 is 0 Å². The van der Waals surface area contributed by atoms with Gasteiger partial charge in [0.15, 0.2) is 45.9 Å². The molecule has 24 rings (SSSR count). The monoisotopic (exact) mass is 1760 g/mol. The van der Waals surface area contributed by atoms with Crippen molar-refractivity contribution in [2.75, 3.05) is 28.4 Å². The SMILES string of the molecule is COCc1cccc2[nH]c(-c3[nH]nc4ncc(-c5c[nH]c6ccccc56)cc34)nc12.COCc1cccc2[nH]c(-c3[nH]nc4ncc(-c5c[nH]c6ncccc56)cc34)nc12.COCc1cccc2[nH]c(-c3[nH]nc4ncc(-c5ccc(S(N)(=O)=O)cc5)cc34)nc12.COCc1cccc2[nH]c(-c3[nH]nc4ncc(-c5cn(S(=O)(=O)c6ccccc6)c6ccccc56)cc34)nc12. The van der Waals surface area contributed by atoms with Crippen molar-refractivity contribution in [2.45, 2.75) is 36.2 Å².